The van der Waals surface area contributed by atoms with Crippen LogP contribution in [0.3, 0.4) is 0 Å². The molecule has 0 aliphatic heterocycles. The molecule has 3 aromatic heterocycles. The molecule has 0 amide bonds. The Bertz CT molecular complexity index is 1770. The molecule has 3 N–H and O–H groups in total. The van der Waals surface area contributed by atoms with Gasteiger partial charge in [-0.15, -0.1) is 0 Å². The van der Waals surface area contributed by atoms with Crippen molar-refractivity contribution >= 4 is 34.4 Å². The number of allylic oxidation sites excluding steroid dienone is 2. The molecule has 0 spiro atoms. The molecule has 0 saturated heterocycles. The molecule has 7 heteroatoms. The van der Waals surface area contributed by atoms with E-state index in [0.717, 1.165) is 55.2 Å². The van der Waals surface area contributed by atoms with Crippen LogP contribution in [0.5, 0.6) is 0 Å². The Morgan fingerprint density at radius 1 is 1.08 bits per heavy atom. The minimum absolute atomic E-state index is 0.273. The third-order valence-corrected chi connectivity index (χ3v) is 6.44. The Balaban J connectivity index is 1.56. The van der Waals surface area contributed by atoms with E-state index in [-0.39, 0.29) is 5.82 Å². The van der Waals surface area contributed by atoms with E-state index in [0.29, 0.717) is 17.4 Å². The monoisotopic (exact) mass is 504 g/mol. The van der Waals surface area contributed by atoms with Crippen LogP contribution in [0.1, 0.15) is 26.3 Å². The molecule has 0 aliphatic rings. The molecule has 3 heterocycles. The van der Waals surface area contributed by atoms with Crippen LogP contribution in [-0.2, 0) is 0 Å². The first-order valence-corrected chi connectivity index (χ1v) is 12.4. The first kappa shape index (κ1) is 24.9. The molecule has 0 unspecified atom stereocenters. The zero-order chi connectivity index (χ0) is 26.8. The lowest BCUT2D eigenvalue weighted by molar-refractivity contribution is 0.628. The smallest absolute Gasteiger partial charge is 0.159 e. The topological polar surface area (TPSA) is 82.3 Å². The SMILES string of the molecule is C=C(/C=c1/c(-c2nc3c(-c4ccc(F)cc4)cccc3[nH]2)n[nH]/c1=C/C)c1cncc(NC(=C)C(C)C)c1. The number of hydrogen-bond donors (Lipinski definition) is 3. The van der Waals surface area contributed by atoms with Gasteiger partial charge in [-0.05, 0) is 54.3 Å². The number of H-pyrrole nitrogens is 2. The zero-order valence-electron chi connectivity index (χ0n) is 21.6. The summed E-state index contributed by atoms with van der Waals surface area (Å²) in [6.45, 7) is 14.5. The number of benzene rings is 2. The second kappa shape index (κ2) is 10.3. The molecule has 2 aromatic carbocycles. The Hall–Kier alpha value is -4.78. The fourth-order valence-corrected chi connectivity index (χ4v) is 4.19. The quantitative estimate of drug-likeness (QED) is 0.253. The number of aromatic nitrogens is 5. The van der Waals surface area contributed by atoms with Crippen molar-refractivity contribution < 1.29 is 4.39 Å². The van der Waals surface area contributed by atoms with Crippen molar-refractivity contribution in [3.8, 4) is 22.6 Å². The number of hydrogen-bond acceptors (Lipinski definition) is 4. The second-order valence-corrected chi connectivity index (χ2v) is 9.42. The van der Waals surface area contributed by atoms with E-state index in [1.807, 2.05) is 43.3 Å². The molecule has 38 heavy (non-hydrogen) atoms. The average molecular weight is 505 g/mol. The zero-order valence-corrected chi connectivity index (χ0v) is 21.6. The first-order chi connectivity index (χ1) is 18.3. The van der Waals surface area contributed by atoms with Gasteiger partial charge in [0.2, 0.25) is 0 Å². The van der Waals surface area contributed by atoms with E-state index in [2.05, 4.69) is 52.5 Å². The number of rotatable bonds is 7. The van der Waals surface area contributed by atoms with Crippen LogP contribution in [0.25, 0.3) is 51.4 Å². The minimum Gasteiger partial charge on any atom is -0.358 e. The van der Waals surface area contributed by atoms with Crippen LogP contribution < -0.4 is 15.9 Å². The summed E-state index contributed by atoms with van der Waals surface area (Å²) in [6.07, 6.45) is 7.50. The van der Waals surface area contributed by atoms with Crippen molar-refractivity contribution in [1.29, 1.82) is 0 Å². The summed E-state index contributed by atoms with van der Waals surface area (Å²) in [5, 5.41) is 12.7. The summed E-state index contributed by atoms with van der Waals surface area (Å²) in [6, 6.07) is 14.3. The third kappa shape index (κ3) is 4.91. The number of imidazole rings is 1. The fourth-order valence-electron chi connectivity index (χ4n) is 4.19. The van der Waals surface area contributed by atoms with Gasteiger partial charge in [0, 0.05) is 28.2 Å². The normalized spacial score (nSPS) is 12.4. The van der Waals surface area contributed by atoms with Gasteiger partial charge >= 0.3 is 0 Å². The Morgan fingerprint density at radius 2 is 1.87 bits per heavy atom. The largest absolute Gasteiger partial charge is 0.358 e. The van der Waals surface area contributed by atoms with Gasteiger partial charge in [-0.25, -0.2) is 9.37 Å². The van der Waals surface area contributed by atoms with Crippen molar-refractivity contribution in [1.82, 2.24) is 25.1 Å². The second-order valence-electron chi connectivity index (χ2n) is 9.42. The van der Waals surface area contributed by atoms with Crippen LogP contribution in [0.4, 0.5) is 10.1 Å². The average Bonchev–Trinajstić information content (AvgIpc) is 3.53. The Kier molecular flexibility index (Phi) is 6.75. The van der Waals surface area contributed by atoms with Gasteiger partial charge in [-0.1, -0.05) is 57.3 Å². The lowest BCUT2D eigenvalue weighted by atomic mass is 10.0. The number of fused-ring (bicyclic) bond motifs is 1. The highest BCUT2D eigenvalue weighted by Crippen LogP contribution is 2.29. The maximum absolute atomic E-state index is 13.5. The Labute approximate surface area is 220 Å². The van der Waals surface area contributed by atoms with Crippen molar-refractivity contribution in [3.05, 3.63) is 102 Å². The van der Waals surface area contributed by atoms with E-state index in [9.17, 15) is 4.39 Å². The number of para-hydroxylation sites is 1. The first-order valence-electron chi connectivity index (χ1n) is 12.4. The molecular weight excluding hydrogens is 475 g/mol. The van der Waals surface area contributed by atoms with Crippen molar-refractivity contribution in [2.24, 2.45) is 5.92 Å². The van der Waals surface area contributed by atoms with Crippen LogP contribution in [0.15, 0.2) is 79.8 Å². The molecule has 5 rings (SSSR count). The van der Waals surface area contributed by atoms with Gasteiger partial charge in [-0.2, -0.15) is 5.10 Å². The molecule has 0 bridgehead atoms. The molecule has 0 fully saturated rings. The third-order valence-electron chi connectivity index (χ3n) is 6.44. The summed E-state index contributed by atoms with van der Waals surface area (Å²) >= 11 is 0. The van der Waals surface area contributed by atoms with Gasteiger partial charge in [-0.3, -0.25) is 10.1 Å². The molecule has 6 nitrogen and oxygen atoms in total. The molecule has 0 aliphatic carbocycles. The van der Waals surface area contributed by atoms with Crippen molar-refractivity contribution in [2.75, 3.05) is 5.32 Å². The van der Waals surface area contributed by atoms with Crippen LogP contribution in [0.2, 0.25) is 0 Å². The molecule has 0 radical (unpaired) electrons. The fraction of sp³-hybridized carbons (Fsp3) is 0.129. The highest BCUT2D eigenvalue weighted by Gasteiger charge is 2.14. The summed E-state index contributed by atoms with van der Waals surface area (Å²) in [4.78, 5) is 12.7. The lowest BCUT2D eigenvalue weighted by Crippen LogP contribution is -2.23. The molecule has 0 atom stereocenters. The van der Waals surface area contributed by atoms with Crippen LogP contribution in [0, 0.1) is 11.7 Å². The highest BCUT2D eigenvalue weighted by molar-refractivity contribution is 5.94. The van der Waals surface area contributed by atoms with Gasteiger partial charge in [0.15, 0.2) is 5.82 Å². The van der Waals surface area contributed by atoms with E-state index < -0.39 is 0 Å². The van der Waals surface area contributed by atoms with Gasteiger partial charge < -0.3 is 10.3 Å². The van der Waals surface area contributed by atoms with Gasteiger partial charge in [0.05, 0.1) is 28.3 Å². The van der Waals surface area contributed by atoms with E-state index >= 15 is 0 Å². The predicted molar refractivity (Wildman–Crippen MR) is 154 cm³/mol. The predicted octanol–water partition coefficient (Wildman–Crippen LogP) is 6.03. The summed E-state index contributed by atoms with van der Waals surface area (Å²) in [7, 11) is 0. The number of nitrogens with zero attached hydrogens (tertiary/aromatic N) is 3. The number of nitrogens with one attached hydrogen (secondary N) is 3. The lowest BCUT2D eigenvalue weighted by Gasteiger charge is -2.13. The molecular formula is C31H29FN6. The standard InChI is InChI=1S/C31H29FN6/c1-6-27-26(14-19(4)22-15-24(17-33-16-22)34-20(5)18(2)3)30(38-37-27)31-35-28-9-7-8-25(29(28)36-31)21-10-12-23(32)13-11-21/h6-18,34,37H,4-5H2,1-3H3,(H,35,36)/b26-14+,27-6+. The van der Waals surface area contributed by atoms with E-state index in [1.54, 1.807) is 24.5 Å². The molecule has 0 saturated carbocycles. The molecule has 5 aromatic rings. The highest BCUT2D eigenvalue weighted by atomic mass is 19.1. The number of pyridine rings is 1. The number of anilines is 1. The summed E-state index contributed by atoms with van der Waals surface area (Å²) in [5.74, 6) is 0.655. The summed E-state index contributed by atoms with van der Waals surface area (Å²) < 4.78 is 13.5. The Morgan fingerprint density at radius 3 is 2.61 bits per heavy atom. The van der Waals surface area contributed by atoms with Crippen LogP contribution >= 0.6 is 0 Å². The van der Waals surface area contributed by atoms with E-state index in [4.69, 9.17) is 4.98 Å². The molecule has 190 valence electrons. The minimum atomic E-state index is -0.273. The van der Waals surface area contributed by atoms with Crippen molar-refractivity contribution in [3.63, 3.8) is 0 Å². The van der Waals surface area contributed by atoms with Gasteiger partial charge in [0.1, 0.15) is 11.5 Å². The maximum atomic E-state index is 13.5. The van der Waals surface area contributed by atoms with E-state index in [1.165, 1.54) is 12.1 Å². The maximum Gasteiger partial charge on any atom is 0.159 e. The number of aromatic amines is 2. The number of halogens is 1. The summed E-state index contributed by atoms with van der Waals surface area (Å²) in [5.41, 5.74) is 7.57. The van der Waals surface area contributed by atoms with Crippen molar-refractivity contribution in [2.45, 2.75) is 20.8 Å². The van der Waals surface area contributed by atoms with Crippen LogP contribution in [-0.4, -0.2) is 25.1 Å². The van der Waals surface area contributed by atoms with Gasteiger partial charge in [0.25, 0.3) is 0 Å².